The Bertz CT molecular complexity index is 1190. The summed E-state index contributed by atoms with van der Waals surface area (Å²) in [7, 11) is 0. The number of aromatic nitrogens is 5. The second kappa shape index (κ2) is 5.96. The molecule has 0 aliphatic heterocycles. The molecule has 7 nitrogen and oxygen atoms in total. The summed E-state index contributed by atoms with van der Waals surface area (Å²) in [6.07, 6.45) is 5.20. The van der Waals surface area contributed by atoms with Crippen LogP contribution in [-0.2, 0) is 6.54 Å². The van der Waals surface area contributed by atoms with Crippen LogP contribution >= 0.6 is 0 Å². The molecule has 0 saturated carbocycles. The van der Waals surface area contributed by atoms with Gasteiger partial charge in [-0.2, -0.15) is 5.10 Å². The van der Waals surface area contributed by atoms with Crippen molar-refractivity contribution in [1.29, 1.82) is 0 Å². The van der Waals surface area contributed by atoms with Crippen LogP contribution < -0.4 is 5.32 Å². The molecule has 126 valence electrons. The summed E-state index contributed by atoms with van der Waals surface area (Å²) in [6, 6.07) is 15.5. The zero-order valence-corrected chi connectivity index (χ0v) is 13.7. The molecule has 0 amide bonds. The third-order valence-electron chi connectivity index (χ3n) is 4.10. The molecule has 0 radical (unpaired) electrons. The fourth-order valence-corrected chi connectivity index (χ4v) is 2.91. The quantitative estimate of drug-likeness (QED) is 0.535. The van der Waals surface area contributed by atoms with Crippen LogP contribution in [0.25, 0.3) is 22.1 Å². The normalized spacial score (nSPS) is 11.2. The minimum Gasteiger partial charge on any atom is -0.450 e. The number of anilines is 2. The molecule has 5 aromatic rings. The second-order valence-corrected chi connectivity index (χ2v) is 5.84. The van der Waals surface area contributed by atoms with E-state index in [1.165, 1.54) is 6.33 Å². The monoisotopic (exact) mass is 342 g/mol. The van der Waals surface area contributed by atoms with Crippen molar-refractivity contribution in [2.45, 2.75) is 6.54 Å². The van der Waals surface area contributed by atoms with Crippen molar-refractivity contribution in [3.05, 3.63) is 72.9 Å². The number of benzene rings is 1. The molecule has 0 aliphatic carbocycles. The van der Waals surface area contributed by atoms with Crippen LogP contribution in [0.2, 0.25) is 0 Å². The minimum atomic E-state index is 0.592. The van der Waals surface area contributed by atoms with Gasteiger partial charge >= 0.3 is 0 Å². The highest BCUT2D eigenvalue weighted by Gasteiger charge is 2.13. The van der Waals surface area contributed by atoms with Crippen LogP contribution in [0, 0.1) is 0 Å². The van der Waals surface area contributed by atoms with Crippen molar-refractivity contribution in [2.24, 2.45) is 0 Å². The minimum absolute atomic E-state index is 0.592. The number of para-hydroxylation sites is 1. The Morgan fingerprint density at radius 1 is 0.962 bits per heavy atom. The average molecular weight is 342 g/mol. The van der Waals surface area contributed by atoms with Crippen molar-refractivity contribution in [2.75, 3.05) is 5.32 Å². The molecule has 0 saturated heterocycles. The van der Waals surface area contributed by atoms with Crippen molar-refractivity contribution in [3.63, 3.8) is 0 Å². The van der Waals surface area contributed by atoms with E-state index in [1.807, 2.05) is 59.4 Å². The number of furan rings is 1. The molecule has 0 bridgehead atoms. The number of pyridine rings is 1. The Morgan fingerprint density at radius 2 is 1.88 bits per heavy atom. The van der Waals surface area contributed by atoms with E-state index in [-0.39, 0.29) is 0 Å². The summed E-state index contributed by atoms with van der Waals surface area (Å²) in [4.78, 5) is 13.0. The highest BCUT2D eigenvalue weighted by Crippen LogP contribution is 2.31. The van der Waals surface area contributed by atoms with E-state index in [9.17, 15) is 0 Å². The van der Waals surface area contributed by atoms with E-state index in [0.29, 0.717) is 23.8 Å². The smallest absolute Gasteiger partial charge is 0.196 e. The molecule has 4 heterocycles. The van der Waals surface area contributed by atoms with Crippen LogP contribution in [0.3, 0.4) is 0 Å². The van der Waals surface area contributed by atoms with Gasteiger partial charge in [0.15, 0.2) is 17.2 Å². The predicted octanol–water partition coefficient (Wildman–Crippen LogP) is 3.76. The summed E-state index contributed by atoms with van der Waals surface area (Å²) < 4.78 is 7.75. The highest BCUT2D eigenvalue weighted by molar-refractivity contribution is 6.05. The number of hydrogen-bond acceptors (Lipinski definition) is 6. The van der Waals surface area contributed by atoms with Gasteiger partial charge in [0.2, 0.25) is 0 Å². The lowest BCUT2D eigenvalue weighted by atomic mass is 10.2. The molecule has 1 N–H and O–H groups in total. The number of hydrogen-bond donors (Lipinski definition) is 1. The summed E-state index contributed by atoms with van der Waals surface area (Å²) in [5, 5.41) is 8.71. The van der Waals surface area contributed by atoms with Crippen molar-refractivity contribution >= 4 is 33.7 Å². The van der Waals surface area contributed by atoms with E-state index in [2.05, 4.69) is 25.4 Å². The van der Waals surface area contributed by atoms with Crippen LogP contribution in [0.5, 0.6) is 0 Å². The van der Waals surface area contributed by atoms with Gasteiger partial charge in [-0.25, -0.2) is 9.97 Å². The molecule has 26 heavy (non-hydrogen) atoms. The van der Waals surface area contributed by atoms with E-state index in [1.54, 1.807) is 6.20 Å². The summed E-state index contributed by atoms with van der Waals surface area (Å²) in [5.74, 6) is 1.27. The van der Waals surface area contributed by atoms with Crippen LogP contribution in [-0.4, -0.2) is 24.7 Å². The molecule has 7 heteroatoms. The van der Waals surface area contributed by atoms with Gasteiger partial charge in [-0.05, 0) is 24.3 Å². The Balaban J connectivity index is 1.46. The zero-order chi connectivity index (χ0) is 17.3. The first-order valence-electron chi connectivity index (χ1n) is 8.19. The third-order valence-corrected chi connectivity index (χ3v) is 4.10. The Labute approximate surface area is 148 Å². The molecule has 1 aromatic carbocycles. The van der Waals surface area contributed by atoms with Crippen molar-refractivity contribution in [3.8, 4) is 0 Å². The fraction of sp³-hybridized carbons (Fsp3) is 0.0526. The molecule has 5 rings (SSSR count). The maximum absolute atomic E-state index is 5.93. The van der Waals surface area contributed by atoms with Gasteiger partial charge in [0.1, 0.15) is 17.4 Å². The fourth-order valence-electron chi connectivity index (χ4n) is 2.91. The van der Waals surface area contributed by atoms with Gasteiger partial charge in [0.25, 0.3) is 0 Å². The molecule has 0 fully saturated rings. The van der Waals surface area contributed by atoms with Crippen LogP contribution in [0.15, 0.2) is 71.7 Å². The van der Waals surface area contributed by atoms with Crippen LogP contribution in [0.4, 0.5) is 11.6 Å². The van der Waals surface area contributed by atoms with Gasteiger partial charge < -0.3 is 9.73 Å². The van der Waals surface area contributed by atoms with Gasteiger partial charge in [-0.1, -0.05) is 18.2 Å². The van der Waals surface area contributed by atoms with Crippen molar-refractivity contribution in [1.82, 2.24) is 24.7 Å². The van der Waals surface area contributed by atoms with Gasteiger partial charge in [0.05, 0.1) is 12.2 Å². The number of nitrogens with zero attached hydrogens (tertiary/aromatic N) is 5. The maximum atomic E-state index is 5.93. The lowest BCUT2D eigenvalue weighted by Crippen LogP contribution is -2.03. The molecular weight excluding hydrogens is 328 g/mol. The van der Waals surface area contributed by atoms with E-state index in [0.717, 1.165) is 22.2 Å². The predicted molar refractivity (Wildman–Crippen MR) is 98.2 cm³/mol. The molecule has 0 atom stereocenters. The molecular formula is C19H14N6O. The first kappa shape index (κ1) is 14.6. The largest absolute Gasteiger partial charge is 0.450 e. The molecule has 0 spiro atoms. The summed E-state index contributed by atoms with van der Waals surface area (Å²) >= 11 is 0. The number of rotatable bonds is 4. The SMILES string of the molecule is c1ccc(Cn2ccc(Nc3ncnc4c3oc3ccccc34)n2)nc1. The van der Waals surface area contributed by atoms with Crippen molar-refractivity contribution < 1.29 is 4.42 Å². The maximum Gasteiger partial charge on any atom is 0.196 e. The number of fused-ring (bicyclic) bond motifs is 3. The average Bonchev–Trinajstić information content (AvgIpc) is 3.27. The Kier molecular flexibility index (Phi) is 3.35. The standard InChI is InChI=1S/C19H14N6O/c1-2-7-15-14(6-1)17-18(26-15)19(22-12-21-17)23-16-8-10-25(24-16)11-13-5-3-4-9-20-13/h1-10,12H,11H2,(H,21,22,23,24). The van der Waals surface area contributed by atoms with E-state index in [4.69, 9.17) is 4.42 Å². The number of nitrogens with one attached hydrogen (secondary N) is 1. The van der Waals surface area contributed by atoms with E-state index < -0.39 is 0 Å². The first-order chi connectivity index (χ1) is 12.9. The Hall–Kier alpha value is -3.74. The summed E-state index contributed by atoms with van der Waals surface area (Å²) in [5.41, 5.74) is 3.13. The third kappa shape index (κ3) is 2.55. The molecule has 0 aliphatic rings. The van der Waals surface area contributed by atoms with E-state index >= 15 is 0 Å². The van der Waals surface area contributed by atoms with Crippen LogP contribution in [0.1, 0.15) is 5.69 Å². The van der Waals surface area contributed by atoms with Gasteiger partial charge in [0, 0.05) is 23.8 Å². The lowest BCUT2D eigenvalue weighted by molar-refractivity contribution is 0.666. The topological polar surface area (TPSA) is 81.7 Å². The molecule has 4 aromatic heterocycles. The van der Waals surface area contributed by atoms with Gasteiger partial charge in [-0.15, -0.1) is 0 Å². The zero-order valence-electron chi connectivity index (χ0n) is 13.7. The first-order valence-corrected chi connectivity index (χ1v) is 8.19. The Morgan fingerprint density at radius 3 is 2.81 bits per heavy atom. The summed E-state index contributed by atoms with van der Waals surface area (Å²) in [6.45, 7) is 0.604. The second-order valence-electron chi connectivity index (χ2n) is 5.84. The highest BCUT2D eigenvalue weighted by atomic mass is 16.3. The van der Waals surface area contributed by atoms with Gasteiger partial charge in [-0.3, -0.25) is 9.67 Å². The lowest BCUT2D eigenvalue weighted by Gasteiger charge is -2.03. The molecule has 0 unspecified atom stereocenters.